The van der Waals surface area contributed by atoms with Crippen LogP contribution in [0.15, 0.2) is 42.5 Å². The van der Waals surface area contributed by atoms with E-state index in [0.29, 0.717) is 6.54 Å². The largest absolute Gasteiger partial charge is 0.451 e. The number of hydrogen-bond donors (Lipinski definition) is 1. The number of nitrogens with zero attached hydrogens (tertiary/aromatic N) is 1. The summed E-state index contributed by atoms with van der Waals surface area (Å²) in [5.41, 5.74) is 0.804. The van der Waals surface area contributed by atoms with Gasteiger partial charge in [0.1, 0.15) is 0 Å². The zero-order chi connectivity index (χ0) is 16.9. The minimum absolute atomic E-state index is 0.00227. The lowest BCUT2D eigenvalue weighted by molar-refractivity contribution is 0.133. The van der Waals surface area contributed by atoms with Crippen LogP contribution < -0.4 is 4.74 Å². The van der Waals surface area contributed by atoms with E-state index in [2.05, 4.69) is 4.90 Å². The molecule has 2 aromatic rings. The molecule has 0 radical (unpaired) electrons. The van der Waals surface area contributed by atoms with Crippen molar-refractivity contribution >= 4 is 11.8 Å². The standard InChI is InChI=1S/C18H19F2NO2S/c19-15-3-1-2-4-17(15)23-18-6-5-13(9-16(18)20)10-21-7-8-24-12-14(21)11-22/h1-6,9,14,22H,7-8,10-12H2. The lowest BCUT2D eigenvalue weighted by Crippen LogP contribution is -2.43. The van der Waals surface area contributed by atoms with Crippen LogP contribution in [0.3, 0.4) is 0 Å². The summed E-state index contributed by atoms with van der Waals surface area (Å²) >= 11 is 1.82. The molecule has 128 valence electrons. The van der Waals surface area contributed by atoms with Crippen LogP contribution in [0.5, 0.6) is 11.5 Å². The molecule has 0 spiro atoms. The zero-order valence-electron chi connectivity index (χ0n) is 13.1. The topological polar surface area (TPSA) is 32.7 Å². The van der Waals surface area contributed by atoms with Gasteiger partial charge in [-0.1, -0.05) is 18.2 Å². The highest BCUT2D eigenvalue weighted by Crippen LogP contribution is 2.28. The fraction of sp³-hybridized carbons (Fsp3) is 0.333. The molecule has 1 aliphatic rings. The molecule has 3 nitrogen and oxygen atoms in total. The fourth-order valence-electron chi connectivity index (χ4n) is 2.67. The first-order valence-corrected chi connectivity index (χ1v) is 8.96. The first-order chi connectivity index (χ1) is 11.7. The van der Waals surface area contributed by atoms with Crippen LogP contribution in [0, 0.1) is 11.6 Å². The van der Waals surface area contributed by atoms with Gasteiger partial charge in [-0.25, -0.2) is 8.78 Å². The molecule has 1 aliphatic heterocycles. The van der Waals surface area contributed by atoms with Crippen molar-refractivity contribution < 1.29 is 18.6 Å². The maximum atomic E-state index is 14.3. The number of thioether (sulfide) groups is 1. The Morgan fingerprint density at radius 3 is 2.67 bits per heavy atom. The van der Waals surface area contributed by atoms with Crippen molar-refractivity contribution in [1.29, 1.82) is 0 Å². The summed E-state index contributed by atoms with van der Waals surface area (Å²) in [5.74, 6) is 0.829. The van der Waals surface area contributed by atoms with Crippen molar-refractivity contribution in [2.24, 2.45) is 0 Å². The molecular weight excluding hydrogens is 332 g/mol. The SMILES string of the molecule is OCC1CSCCN1Cc1ccc(Oc2ccccc2F)c(F)c1. The Kier molecular flexibility index (Phi) is 5.71. The molecule has 1 heterocycles. The Hall–Kier alpha value is -1.63. The molecular formula is C18H19F2NO2S. The normalized spacial score (nSPS) is 18.5. The first-order valence-electron chi connectivity index (χ1n) is 7.81. The van der Waals surface area contributed by atoms with Gasteiger partial charge < -0.3 is 9.84 Å². The number of rotatable bonds is 5. The van der Waals surface area contributed by atoms with Crippen LogP contribution in [0.2, 0.25) is 0 Å². The summed E-state index contributed by atoms with van der Waals surface area (Å²) in [7, 11) is 0. The fourth-order valence-corrected chi connectivity index (χ4v) is 3.79. The summed E-state index contributed by atoms with van der Waals surface area (Å²) in [6.45, 7) is 1.54. The predicted octanol–water partition coefficient (Wildman–Crippen LogP) is 3.67. The molecule has 1 N–H and O–H groups in total. The van der Waals surface area contributed by atoms with Gasteiger partial charge in [-0.2, -0.15) is 11.8 Å². The minimum atomic E-state index is -0.530. The van der Waals surface area contributed by atoms with Crippen LogP contribution in [-0.2, 0) is 6.54 Å². The summed E-state index contributed by atoms with van der Waals surface area (Å²) < 4.78 is 33.2. The third-order valence-corrected chi connectivity index (χ3v) is 5.09. The quantitative estimate of drug-likeness (QED) is 0.891. The number of halogens is 2. The van der Waals surface area contributed by atoms with Crippen LogP contribution >= 0.6 is 11.8 Å². The maximum Gasteiger partial charge on any atom is 0.166 e. The van der Waals surface area contributed by atoms with Crippen molar-refractivity contribution in [3.05, 3.63) is 59.7 Å². The lowest BCUT2D eigenvalue weighted by atomic mass is 10.1. The second kappa shape index (κ2) is 7.96. The van der Waals surface area contributed by atoms with E-state index in [9.17, 15) is 13.9 Å². The van der Waals surface area contributed by atoms with Crippen molar-refractivity contribution in [3.8, 4) is 11.5 Å². The molecule has 0 bridgehead atoms. The molecule has 0 aliphatic carbocycles. The van der Waals surface area contributed by atoms with Gasteiger partial charge in [-0.3, -0.25) is 4.90 Å². The summed E-state index contributed by atoms with van der Waals surface area (Å²) in [6, 6.07) is 10.7. The van der Waals surface area contributed by atoms with Crippen molar-refractivity contribution in [2.75, 3.05) is 24.7 Å². The van der Waals surface area contributed by atoms with E-state index in [1.807, 2.05) is 11.8 Å². The minimum Gasteiger partial charge on any atom is -0.451 e. The molecule has 24 heavy (non-hydrogen) atoms. The average molecular weight is 351 g/mol. The summed E-state index contributed by atoms with van der Waals surface area (Å²) in [4.78, 5) is 2.16. The highest BCUT2D eigenvalue weighted by molar-refractivity contribution is 7.99. The third kappa shape index (κ3) is 4.06. The number of ether oxygens (including phenoxy) is 1. The Labute approximate surface area is 144 Å². The highest BCUT2D eigenvalue weighted by Gasteiger charge is 2.22. The Morgan fingerprint density at radius 1 is 1.12 bits per heavy atom. The molecule has 3 rings (SSSR count). The molecule has 0 amide bonds. The Morgan fingerprint density at radius 2 is 1.92 bits per heavy atom. The number of aliphatic hydroxyl groups excluding tert-OH is 1. The van der Waals surface area contributed by atoms with Crippen LogP contribution in [0.25, 0.3) is 0 Å². The van der Waals surface area contributed by atoms with E-state index >= 15 is 0 Å². The van der Waals surface area contributed by atoms with Crippen LogP contribution in [0.1, 0.15) is 5.56 Å². The smallest absolute Gasteiger partial charge is 0.166 e. The number of hydrogen-bond acceptors (Lipinski definition) is 4. The monoisotopic (exact) mass is 351 g/mol. The van der Waals surface area contributed by atoms with E-state index in [1.54, 1.807) is 18.2 Å². The van der Waals surface area contributed by atoms with Gasteiger partial charge in [-0.05, 0) is 29.8 Å². The van der Waals surface area contributed by atoms with Gasteiger partial charge in [0, 0.05) is 30.6 Å². The van der Waals surface area contributed by atoms with Crippen molar-refractivity contribution in [1.82, 2.24) is 4.90 Å². The van der Waals surface area contributed by atoms with Gasteiger partial charge in [0.15, 0.2) is 23.1 Å². The number of aliphatic hydroxyl groups is 1. The van der Waals surface area contributed by atoms with Gasteiger partial charge in [-0.15, -0.1) is 0 Å². The molecule has 1 atom stereocenters. The van der Waals surface area contributed by atoms with E-state index in [0.717, 1.165) is 23.6 Å². The van der Waals surface area contributed by atoms with E-state index in [-0.39, 0.29) is 24.1 Å². The second-order valence-corrected chi connectivity index (χ2v) is 6.83. The van der Waals surface area contributed by atoms with Gasteiger partial charge in [0.2, 0.25) is 0 Å². The summed E-state index contributed by atoms with van der Waals surface area (Å²) in [5, 5.41) is 9.44. The predicted molar refractivity (Wildman–Crippen MR) is 91.5 cm³/mol. The van der Waals surface area contributed by atoms with Gasteiger partial charge >= 0.3 is 0 Å². The van der Waals surface area contributed by atoms with Gasteiger partial charge in [0.25, 0.3) is 0 Å². The van der Waals surface area contributed by atoms with Gasteiger partial charge in [0.05, 0.1) is 6.61 Å². The molecule has 1 fully saturated rings. The maximum absolute atomic E-state index is 14.3. The zero-order valence-corrected chi connectivity index (χ0v) is 13.9. The second-order valence-electron chi connectivity index (χ2n) is 5.68. The number of benzene rings is 2. The Bertz CT molecular complexity index is 698. The molecule has 0 aromatic heterocycles. The molecule has 6 heteroatoms. The Balaban J connectivity index is 1.71. The van der Waals surface area contributed by atoms with Crippen LogP contribution in [0.4, 0.5) is 8.78 Å². The molecule has 1 saturated heterocycles. The third-order valence-electron chi connectivity index (χ3n) is 4.00. The van der Waals surface area contributed by atoms with Crippen molar-refractivity contribution in [2.45, 2.75) is 12.6 Å². The molecule has 0 saturated carbocycles. The van der Waals surface area contributed by atoms with Crippen LogP contribution in [-0.4, -0.2) is 40.7 Å². The molecule has 1 unspecified atom stereocenters. The highest BCUT2D eigenvalue weighted by atomic mass is 32.2. The van der Waals surface area contributed by atoms with E-state index in [1.165, 1.54) is 24.3 Å². The number of para-hydroxylation sites is 1. The van der Waals surface area contributed by atoms with Crippen molar-refractivity contribution in [3.63, 3.8) is 0 Å². The molecule has 2 aromatic carbocycles. The summed E-state index contributed by atoms with van der Waals surface area (Å²) in [6.07, 6.45) is 0. The van der Waals surface area contributed by atoms with E-state index in [4.69, 9.17) is 4.74 Å². The average Bonchev–Trinajstić information content (AvgIpc) is 2.59. The lowest BCUT2D eigenvalue weighted by Gasteiger charge is -2.34. The first kappa shape index (κ1) is 17.2. The van der Waals surface area contributed by atoms with E-state index < -0.39 is 11.6 Å².